The number of hydrazine groups is 1. The summed E-state index contributed by atoms with van der Waals surface area (Å²) in [5, 5.41) is 16.2. The first kappa shape index (κ1) is 31.2. The summed E-state index contributed by atoms with van der Waals surface area (Å²) in [4.78, 5) is 49.8. The van der Waals surface area contributed by atoms with Gasteiger partial charge in [-0.3, -0.25) is 30.6 Å². The Morgan fingerprint density at radius 2 is 1.74 bits per heavy atom. The molecule has 38 heavy (non-hydrogen) atoms. The molecule has 1 aromatic rings. The Labute approximate surface area is 223 Å². The number of esters is 1. The maximum Gasteiger partial charge on any atom is 0.338 e. The molecule has 1 aromatic carbocycles. The molecule has 0 radical (unpaired) electrons. The van der Waals surface area contributed by atoms with Crippen LogP contribution in [0.2, 0.25) is 0 Å². The summed E-state index contributed by atoms with van der Waals surface area (Å²) < 4.78 is 9.81. The molecule has 5 atom stereocenters. The smallest absolute Gasteiger partial charge is 0.338 e. The summed E-state index contributed by atoms with van der Waals surface area (Å²) >= 11 is 0. The molecule has 1 aliphatic heterocycles. The van der Waals surface area contributed by atoms with Crippen LogP contribution in [0.25, 0.3) is 0 Å². The fourth-order valence-corrected chi connectivity index (χ4v) is 3.85. The predicted octanol–water partition coefficient (Wildman–Crippen LogP) is -0.356. The van der Waals surface area contributed by atoms with Crippen LogP contribution in [0, 0.1) is 5.92 Å². The topological polar surface area (TPSA) is 184 Å². The summed E-state index contributed by atoms with van der Waals surface area (Å²) in [7, 11) is 0. The normalized spacial score (nSPS) is 18.7. The Balaban J connectivity index is 1.92. The van der Waals surface area contributed by atoms with Crippen LogP contribution in [0.15, 0.2) is 30.3 Å². The number of hydrogen-bond donors (Lipinski definition) is 6. The van der Waals surface area contributed by atoms with Crippen LogP contribution >= 0.6 is 0 Å². The largest absolute Gasteiger partial charge is 0.464 e. The van der Waals surface area contributed by atoms with Crippen molar-refractivity contribution >= 4 is 23.7 Å². The monoisotopic (exact) mass is 535 g/mol. The molecule has 1 aliphatic rings. The lowest BCUT2D eigenvalue weighted by atomic mass is 10.0. The summed E-state index contributed by atoms with van der Waals surface area (Å²) in [6.07, 6.45) is -0.820. The van der Waals surface area contributed by atoms with E-state index in [1.807, 2.05) is 44.2 Å². The van der Waals surface area contributed by atoms with Crippen LogP contribution in [0.5, 0.6) is 0 Å². The van der Waals surface area contributed by atoms with Crippen LogP contribution in [-0.2, 0) is 35.1 Å². The van der Waals surface area contributed by atoms with Gasteiger partial charge in [-0.1, -0.05) is 44.2 Å². The summed E-state index contributed by atoms with van der Waals surface area (Å²) in [5.41, 5.74) is 11.2. The highest BCUT2D eigenvalue weighted by Gasteiger charge is 2.51. The number of rotatable bonds is 16. The van der Waals surface area contributed by atoms with E-state index in [0.717, 1.165) is 5.56 Å². The quantitative estimate of drug-likeness (QED) is 0.0712. The first-order valence-corrected chi connectivity index (χ1v) is 13.1. The fourth-order valence-electron chi connectivity index (χ4n) is 3.85. The van der Waals surface area contributed by atoms with E-state index < -0.39 is 54.2 Å². The van der Waals surface area contributed by atoms with Gasteiger partial charge in [0.1, 0.15) is 12.3 Å². The van der Waals surface area contributed by atoms with Crippen molar-refractivity contribution in [2.45, 2.75) is 83.4 Å². The van der Waals surface area contributed by atoms with Gasteiger partial charge in [-0.15, -0.1) is 0 Å². The second kappa shape index (κ2) is 16.0. The van der Waals surface area contributed by atoms with Crippen molar-refractivity contribution in [3.05, 3.63) is 35.9 Å². The van der Waals surface area contributed by atoms with Crippen molar-refractivity contribution in [1.82, 2.24) is 21.5 Å². The lowest BCUT2D eigenvalue weighted by Crippen LogP contribution is -2.57. The molecule has 0 saturated carbocycles. The zero-order valence-corrected chi connectivity index (χ0v) is 22.3. The summed E-state index contributed by atoms with van der Waals surface area (Å²) in [6, 6.07) is 7.99. The second-order valence-electron chi connectivity index (χ2n) is 9.59. The molecule has 0 spiro atoms. The first-order chi connectivity index (χ1) is 18.2. The van der Waals surface area contributed by atoms with Gasteiger partial charge in [0.05, 0.1) is 12.6 Å². The van der Waals surface area contributed by atoms with E-state index in [-0.39, 0.29) is 18.9 Å². The number of carbonyl (C=O) groups is 4. The number of nitrogens with one attached hydrogen (secondary N) is 4. The molecular formula is C26H41N5O7. The lowest BCUT2D eigenvalue weighted by molar-refractivity contribution is -0.144. The maximum atomic E-state index is 13.1. The van der Waals surface area contributed by atoms with Gasteiger partial charge in [0.2, 0.25) is 5.91 Å². The molecule has 7 N–H and O–H groups in total. The van der Waals surface area contributed by atoms with Crippen molar-refractivity contribution in [2.75, 3.05) is 13.2 Å². The molecule has 0 bridgehead atoms. The number of aliphatic hydroxyl groups is 1. The minimum atomic E-state index is -1.05. The molecule has 1 fully saturated rings. The number of nitrogens with two attached hydrogens (primary N) is 1. The molecule has 3 amide bonds. The van der Waals surface area contributed by atoms with Gasteiger partial charge in [-0.2, -0.15) is 0 Å². The highest BCUT2D eigenvalue weighted by Crippen LogP contribution is 2.23. The maximum absolute atomic E-state index is 13.1. The van der Waals surface area contributed by atoms with Crippen LogP contribution in [-0.4, -0.2) is 72.5 Å². The summed E-state index contributed by atoms with van der Waals surface area (Å²) in [5.74, 6) is -2.32. The van der Waals surface area contributed by atoms with E-state index in [0.29, 0.717) is 32.2 Å². The Hall–Kier alpha value is -3.06. The van der Waals surface area contributed by atoms with Gasteiger partial charge in [-0.25, -0.2) is 4.79 Å². The second-order valence-corrected chi connectivity index (χ2v) is 9.59. The van der Waals surface area contributed by atoms with Gasteiger partial charge >= 0.3 is 5.97 Å². The van der Waals surface area contributed by atoms with E-state index in [2.05, 4.69) is 21.5 Å². The molecular weight excluding hydrogens is 494 g/mol. The SMILES string of the molecule is CCOC(=O)C1OC1C(=O)NNC(=O)[C@H](CCCN)NC(=O)[C@H](CC(C)C)NC(O)CCc1ccccc1. The molecule has 0 aliphatic carbocycles. The third kappa shape index (κ3) is 10.7. The number of aryl methyl sites for hydroxylation is 1. The van der Waals surface area contributed by atoms with Crippen LogP contribution in [0.1, 0.15) is 52.0 Å². The number of benzene rings is 1. The predicted molar refractivity (Wildman–Crippen MR) is 139 cm³/mol. The molecule has 2 rings (SSSR count). The molecule has 212 valence electrons. The van der Waals surface area contributed by atoms with Crippen molar-refractivity contribution in [3.8, 4) is 0 Å². The van der Waals surface area contributed by atoms with Gasteiger partial charge in [0, 0.05) is 0 Å². The average Bonchev–Trinajstić information content (AvgIpc) is 3.69. The molecule has 1 saturated heterocycles. The molecule has 3 unspecified atom stereocenters. The Kier molecular flexibility index (Phi) is 13.1. The Bertz CT molecular complexity index is 915. The zero-order valence-electron chi connectivity index (χ0n) is 22.3. The van der Waals surface area contributed by atoms with Gasteiger partial charge in [0.25, 0.3) is 11.8 Å². The third-order valence-corrected chi connectivity index (χ3v) is 5.87. The fraction of sp³-hybridized carbons (Fsp3) is 0.615. The van der Waals surface area contributed by atoms with E-state index in [1.54, 1.807) is 6.92 Å². The molecule has 12 nitrogen and oxygen atoms in total. The highest BCUT2D eigenvalue weighted by atomic mass is 16.6. The van der Waals surface area contributed by atoms with E-state index in [9.17, 15) is 24.3 Å². The number of amides is 3. The van der Waals surface area contributed by atoms with E-state index in [1.165, 1.54) is 0 Å². The van der Waals surface area contributed by atoms with Gasteiger partial charge in [-0.05, 0) is 57.1 Å². The molecule has 0 aromatic heterocycles. The van der Waals surface area contributed by atoms with Gasteiger partial charge in [0.15, 0.2) is 12.2 Å². The Morgan fingerprint density at radius 1 is 1.03 bits per heavy atom. The van der Waals surface area contributed by atoms with Crippen molar-refractivity contribution in [2.24, 2.45) is 11.7 Å². The van der Waals surface area contributed by atoms with E-state index >= 15 is 0 Å². The number of aliphatic hydroxyl groups excluding tert-OH is 1. The number of carbonyl (C=O) groups excluding carboxylic acids is 4. The number of hydrogen-bond acceptors (Lipinski definition) is 9. The third-order valence-electron chi connectivity index (χ3n) is 5.87. The number of epoxide rings is 1. The standard InChI is InChI=1S/C26H41N5O7/c1-4-37-26(36)22-21(38-22)25(35)31-30-24(34)18(11-8-14-27)29-23(33)19(15-16(2)3)28-20(32)13-12-17-9-6-5-7-10-17/h5-7,9-10,16,18-22,28,32H,4,8,11-15,27H2,1-3H3,(H,29,33)(H,30,34)(H,31,35)/t18-,19-,20?,21?,22?/m0/s1. The average molecular weight is 536 g/mol. The minimum absolute atomic E-state index is 0.140. The molecule has 1 heterocycles. The lowest BCUT2D eigenvalue weighted by Gasteiger charge is -2.26. The van der Waals surface area contributed by atoms with Crippen molar-refractivity contribution in [3.63, 3.8) is 0 Å². The van der Waals surface area contributed by atoms with Gasteiger partial charge < -0.3 is 25.6 Å². The summed E-state index contributed by atoms with van der Waals surface area (Å²) in [6.45, 7) is 6.00. The number of ether oxygens (including phenoxy) is 2. The zero-order chi connectivity index (χ0) is 28.1. The van der Waals surface area contributed by atoms with Crippen LogP contribution < -0.4 is 27.2 Å². The van der Waals surface area contributed by atoms with Crippen LogP contribution in [0.3, 0.4) is 0 Å². The highest BCUT2D eigenvalue weighted by molar-refractivity contribution is 5.95. The van der Waals surface area contributed by atoms with E-state index in [4.69, 9.17) is 15.2 Å². The van der Waals surface area contributed by atoms with Crippen molar-refractivity contribution in [1.29, 1.82) is 0 Å². The first-order valence-electron chi connectivity index (χ1n) is 13.1. The van der Waals surface area contributed by atoms with Crippen molar-refractivity contribution < 1.29 is 33.8 Å². The Morgan fingerprint density at radius 3 is 2.37 bits per heavy atom. The minimum Gasteiger partial charge on any atom is -0.464 e. The molecule has 12 heteroatoms. The van der Waals surface area contributed by atoms with Crippen LogP contribution in [0.4, 0.5) is 0 Å².